The third kappa shape index (κ3) is 3.31. The average molecular weight is 417 g/mol. The van der Waals surface area contributed by atoms with Crippen LogP contribution in [0, 0.1) is 0 Å². The second kappa shape index (κ2) is 7.06. The molecule has 2 aromatic heterocycles. The fraction of sp³-hybridized carbons (Fsp3) is 0.292. The minimum Gasteiger partial charge on any atom is -0.496 e. The molecule has 7 nitrogen and oxygen atoms in total. The smallest absolute Gasteiger partial charge is 0.337 e. The summed E-state index contributed by atoms with van der Waals surface area (Å²) in [7, 11) is 1.52. The zero-order valence-corrected chi connectivity index (χ0v) is 17.2. The molecule has 158 valence electrons. The van der Waals surface area contributed by atoms with Crippen molar-refractivity contribution in [2.24, 2.45) is 5.73 Å². The van der Waals surface area contributed by atoms with E-state index in [1.54, 1.807) is 12.1 Å². The summed E-state index contributed by atoms with van der Waals surface area (Å²) in [6.45, 7) is 0. The predicted molar refractivity (Wildman–Crippen MR) is 116 cm³/mol. The molecule has 0 spiro atoms. The molecule has 2 heterocycles. The monoisotopic (exact) mass is 417 g/mol. The van der Waals surface area contributed by atoms with Crippen molar-refractivity contribution < 1.29 is 19.4 Å². The molecular formula is C24H23N3O4. The van der Waals surface area contributed by atoms with Crippen LogP contribution in [0.1, 0.15) is 50.4 Å². The first kappa shape index (κ1) is 19.5. The van der Waals surface area contributed by atoms with Crippen molar-refractivity contribution in [3.8, 4) is 28.3 Å². The number of carboxylic acid groups (broad SMARTS) is 1. The molecule has 2 aliphatic carbocycles. The molecule has 0 radical (unpaired) electrons. The van der Waals surface area contributed by atoms with Crippen LogP contribution in [0.2, 0.25) is 0 Å². The Morgan fingerprint density at radius 1 is 1.32 bits per heavy atom. The number of ether oxygens (including phenoxy) is 1. The van der Waals surface area contributed by atoms with E-state index >= 15 is 0 Å². The molecule has 7 heteroatoms. The van der Waals surface area contributed by atoms with Crippen LogP contribution in [0.25, 0.3) is 22.5 Å². The van der Waals surface area contributed by atoms with Gasteiger partial charge in [0, 0.05) is 35.0 Å². The molecule has 3 aromatic rings. The van der Waals surface area contributed by atoms with Gasteiger partial charge in [0.2, 0.25) is 0 Å². The molecule has 4 N–H and O–H groups in total. The number of aryl methyl sites for hydroxylation is 1. The first-order valence-electron chi connectivity index (χ1n) is 10.3. The van der Waals surface area contributed by atoms with E-state index in [0.717, 1.165) is 53.5 Å². The van der Waals surface area contributed by atoms with Crippen molar-refractivity contribution >= 4 is 12.3 Å². The van der Waals surface area contributed by atoms with Crippen LogP contribution in [0.5, 0.6) is 5.75 Å². The van der Waals surface area contributed by atoms with Crippen LogP contribution < -0.4 is 10.5 Å². The van der Waals surface area contributed by atoms with Gasteiger partial charge in [0.1, 0.15) is 5.75 Å². The maximum Gasteiger partial charge on any atom is 0.337 e. The number of H-pyrrole nitrogens is 1. The molecule has 1 aromatic carbocycles. The first-order valence-corrected chi connectivity index (χ1v) is 10.3. The number of carboxylic acids is 1. The van der Waals surface area contributed by atoms with Crippen molar-refractivity contribution in [1.82, 2.24) is 9.97 Å². The van der Waals surface area contributed by atoms with Crippen LogP contribution in [-0.2, 0) is 19.3 Å². The molecule has 5 rings (SSSR count). The Kier molecular flexibility index (Phi) is 4.44. The molecule has 0 aliphatic heterocycles. The number of rotatable bonds is 6. The number of aromatic amines is 1. The van der Waals surface area contributed by atoms with Gasteiger partial charge in [-0.1, -0.05) is 0 Å². The molecule has 1 fully saturated rings. The molecule has 0 atom stereocenters. The largest absolute Gasteiger partial charge is 0.496 e. The van der Waals surface area contributed by atoms with Crippen LogP contribution in [0.4, 0.5) is 0 Å². The zero-order valence-electron chi connectivity index (χ0n) is 17.2. The summed E-state index contributed by atoms with van der Waals surface area (Å²) < 4.78 is 5.22. The Bertz CT molecular complexity index is 1220. The number of aromatic carboxylic acids is 1. The SMILES string of the molecule is COc1ccc(-c2cc3c(cn2)CCc2c-3[nH]c(CC3(N)CC3)c2C(=O)O)cc1C=O. The quantitative estimate of drug-likeness (QED) is 0.529. The van der Waals surface area contributed by atoms with E-state index in [9.17, 15) is 14.7 Å². The van der Waals surface area contributed by atoms with E-state index in [0.29, 0.717) is 41.1 Å². The lowest BCUT2D eigenvalue weighted by Gasteiger charge is -2.18. The summed E-state index contributed by atoms with van der Waals surface area (Å²) in [6.07, 6.45) is 6.34. The number of aromatic nitrogens is 2. The van der Waals surface area contributed by atoms with Crippen molar-refractivity contribution in [2.75, 3.05) is 7.11 Å². The lowest BCUT2D eigenvalue weighted by molar-refractivity contribution is 0.0694. The zero-order chi connectivity index (χ0) is 21.8. The van der Waals surface area contributed by atoms with Crippen molar-refractivity contribution in [3.63, 3.8) is 0 Å². The Morgan fingerprint density at radius 2 is 2.13 bits per heavy atom. The van der Waals surface area contributed by atoms with Gasteiger partial charge in [-0.2, -0.15) is 0 Å². The third-order valence-corrected chi connectivity index (χ3v) is 6.37. The van der Waals surface area contributed by atoms with Gasteiger partial charge in [-0.05, 0) is 61.1 Å². The van der Waals surface area contributed by atoms with Gasteiger partial charge in [0.25, 0.3) is 0 Å². The number of hydrogen-bond donors (Lipinski definition) is 3. The van der Waals surface area contributed by atoms with Gasteiger partial charge in [0.15, 0.2) is 6.29 Å². The summed E-state index contributed by atoms with van der Waals surface area (Å²) in [5.74, 6) is -0.407. The summed E-state index contributed by atoms with van der Waals surface area (Å²) in [4.78, 5) is 31.5. The molecule has 31 heavy (non-hydrogen) atoms. The number of fused-ring (bicyclic) bond motifs is 3. The van der Waals surface area contributed by atoms with E-state index in [4.69, 9.17) is 10.5 Å². The molecule has 0 unspecified atom stereocenters. The Labute approximate surface area is 179 Å². The van der Waals surface area contributed by atoms with Gasteiger partial charge >= 0.3 is 5.97 Å². The second-order valence-electron chi connectivity index (χ2n) is 8.48. The van der Waals surface area contributed by atoms with Gasteiger partial charge in [0.05, 0.1) is 29.6 Å². The maximum atomic E-state index is 12.1. The number of aldehydes is 1. The first-order chi connectivity index (χ1) is 14.9. The van der Waals surface area contributed by atoms with Crippen molar-refractivity contribution in [3.05, 3.63) is 58.4 Å². The van der Waals surface area contributed by atoms with Crippen LogP contribution in [-0.4, -0.2) is 40.0 Å². The highest BCUT2D eigenvalue weighted by Gasteiger charge is 2.40. The molecule has 0 amide bonds. The summed E-state index contributed by atoms with van der Waals surface area (Å²) in [5.41, 5.74) is 12.7. The summed E-state index contributed by atoms with van der Waals surface area (Å²) in [6, 6.07) is 7.32. The van der Waals surface area contributed by atoms with E-state index in [1.165, 1.54) is 7.11 Å². The number of benzene rings is 1. The van der Waals surface area contributed by atoms with E-state index in [2.05, 4.69) is 9.97 Å². The Hall–Kier alpha value is -3.45. The van der Waals surface area contributed by atoms with E-state index in [-0.39, 0.29) is 5.54 Å². The minimum atomic E-state index is -0.916. The van der Waals surface area contributed by atoms with Crippen LogP contribution >= 0.6 is 0 Å². The lowest BCUT2D eigenvalue weighted by Crippen LogP contribution is -2.25. The normalized spacial score (nSPS) is 15.7. The third-order valence-electron chi connectivity index (χ3n) is 6.37. The van der Waals surface area contributed by atoms with Gasteiger partial charge in [-0.15, -0.1) is 0 Å². The summed E-state index contributed by atoms with van der Waals surface area (Å²) in [5, 5.41) is 9.90. The maximum absolute atomic E-state index is 12.1. The fourth-order valence-electron chi connectivity index (χ4n) is 4.47. The highest BCUT2D eigenvalue weighted by atomic mass is 16.5. The number of hydrogen-bond acceptors (Lipinski definition) is 5. The van der Waals surface area contributed by atoms with Gasteiger partial charge in [-0.25, -0.2) is 4.79 Å². The minimum absolute atomic E-state index is 0.293. The summed E-state index contributed by atoms with van der Waals surface area (Å²) >= 11 is 0. The van der Waals surface area contributed by atoms with Crippen LogP contribution in [0.15, 0.2) is 30.5 Å². The Balaban J connectivity index is 1.61. The number of carbonyl (C=O) groups is 2. The highest BCUT2D eigenvalue weighted by Crippen LogP contribution is 2.41. The fourth-order valence-corrected chi connectivity index (χ4v) is 4.47. The van der Waals surface area contributed by atoms with Gasteiger partial charge < -0.3 is 20.6 Å². The second-order valence-corrected chi connectivity index (χ2v) is 8.48. The number of pyridine rings is 1. The number of nitrogens with zero attached hydrogens (tertiary/aromatic N) is 1. The molecular weight excluding hydrogens is 394 g/mol. The van der Waals surface area contributed by atoms with Crippen molar-refractivity contribution in [1.29, 1.82) is 0 Å². The molecule has 1 saturated carbocycles. The Morgan fingerprint density at radius 3 is 2.81 bits per heavy atom. The number of methoxy groups -OCH3 is 1. The lowest BCUT2D eigenvalue weighted by atomic mass is 9.88. The van der Waals surface area contributed by atoms with Crippen LogP contribution in [0.3, 0.4) is 0 Å². The molecule has 0 saturated heterocycles. The molecule has 0 bridgehead atoms. The van der Waals surface area contributed by atoms with E-state index < -0.39 is 5.97 Å². The van der Waals surface area contributed by atoms with Gasteiger partial charge in [-0.3, -0.25) is 9.78 Å². The van der Waals surface area contributed by atoms with Crippen molar-refractivity contribution in [2.45, 2.75) is 37.6 Å². The topological polar surface area (TPSA) is 118 Å². The highest BCUT2D eigenvalue weighted by molar-refractivity contribution is 5.95. The molecule has 2 aliphatic rings. The number of nitrogens with one attached hydrogen (secondary N) is 1. The predicted octanol–water partition coefficient (Wildman–Crippen LogP) is 3.40. The number of nitrogens with two attached hydrogens (primary N) is 1. The van der Waals surface area contributed by atoms with E-state index in [1.807, 2.05) is 18.3 Å². The number of carbonyl (C=O) groups excluding carboxylic acids is 1. The average Bonchev–Trinajstić information content (AvgIpc) is 3.37. The standard InChI is InChI=1S/C24H23N3O4/c1-31-20-5-3-13(8-15(20)12-28)18-9-17-14(11-26-18)2-4-16-21(23(29)30)19(27-22(16)17)10-24(25)6-7-24/h3,5,8-9,11-12,27H,2,4,6-7,10,25H2,1H3,(H,29,30).